The summed E-state index contributed by atoms with van der Waals surface area (Å²) in [7, 11) is 0. The first-order valence-corrected chi connectivity index (χ1v) is 7.05. The van der Waals surface area contributed by atoms with Crippen LogP contribution in [0.1, 0.15) is 19.8 Å². The maximum atomic E-state index is 4.24. The average molecular weight is 266 g/mol. The predicted molar refractivity (Wildman–Crippen MR) is 86.5 cm³/mol. The van der Waals surface area contributed by atoms with Gasteiger partial charge in [0.2, 0.25) is 0 Å². The Morgan fingerprint density at radius 2 is 2.00 bits per heavy atom. The van der Waals surface area contributed by atoms with E-state index in [1.807, 2.05) is 30.6 Å². The first-order chi connectivity index (χ1) is 9.77. The zero-order chi connectivity index (χ0) is 14.2. The fourth-order valence-corrected chi connectivity index (χ4v) is 2.07. The lowest BCUT2D eigenvalue weighted by Gasteiger charge is -2.19. The monoisotopic (exact) mass is 266 g/mol. The third-order valence-corrected chi connectivity index (χ3v) is 3.36. The summed E-state index contributed by atoms with van der Waals surface area (Å²) in [6.45, 7) is 6.40. The molecular weight excluding hydrogens is 244 g/mol. The molecule has 0 aromatic heterocycles. The van der Waals surface area contributed by atoms with Gasteiger partial charge in [-0.3, -0.25) is 0 Å². The average Bonchev–Trinajstić information content (AvgIpc) is 2.51. The fraction of sp³-hybridized carbons (Fsp3) is 0.222. The molecule has 0 fully saturated rings. The normalized spacial score (nSPS) is 30.1. The van der Waals surface area contributed by atoms with Crippen molar-refractivity contribution in [2.45, 2.75) is 19.8 Å². The van der Waals surface area contributed by atoms with Crippen LogP contribution >= 0.6 is 0 Å². The summed E-state index contributed by atoms with van der Waals surface area (Å²) < 4.78 is 0. The van der Waals surface area contributed by atoms with Gasteiger partial charge in [-0.05, 0) is 42.7 Å². The highest BCUT2D eigenvalue weighted by Gasteiger charge is 2.10. The van der Waals surface area contributed by atoms with Gasteiger partial charge in [0, 0.05) is 29.7 Å². The van der Waals surface area contributed by atoms with Crippen LogP contribution in [0.25, 0.3) is 0 Å². The van der Waals surface area contributed by atoms with Gasteiger partial charge in [0.25, 0.3) is 0 Å². The standard InChI is InChI=1S/C18H22N2/c1-15-9-6-7-13-19-14-8-12-18(16(15)2)20-17-10-4-3-5-11-17/h3-4,6-10,12-15,19-20H,2,5,11H2,1H3/b9-6-,13-7-,14-8-,18-12+. The Kier molecular flexibility index (Phi) is 5.24. The van der Waals surface area contributed by atoms with Crippen molar-refractivity contribution in [1.82, 2.24) is 10.6 Å². The second kappa shape index (κ2) is 7.39. The Morgan fingerprint density at radius 1 is 1.15 bits per heavy atom. The summed E-state index contributed by atoms with van der Waals surface area (Å²) in [4.78, 5) is 0. The molecule has 2 aliphatic rings. The Bertz CT molecular complexity index is 528. The van der Waals surface area contributed by atoms with E-state index in [4.69, 9.17) is 0 Å². The smallest absolute Gasteiger partial charge is 0.0414 e. The van der Waals surface area contributed by atoms with E-state index in [-0.39, 0.29) is 0 Å². The van der Waals surface area contributed by atoms with Crippen LogP contribution in [0.5, 0.6) is 0 Å². The van der Waals surface area contributed by atoms with Crippen molar-refractivity contribution in [3.05, 3.63) is 84.6 Å². The summed E-state index contributed by atoms with van der Waals surface area (Å²) in [5.74, 6) is 0.296. The maximum Gasteiger partial charge on any atom is 0.0414 e. The summed E-state index contributed by atoms with van der Waals surface area (Å²) in [5, 5.41) is 6.61. The summed E-state index contributed by atoms with van der Waals surface area (Å²) >= 11 is 0. The summed E-state index contributed by atoms with van der Waals surface area (Å²) in [6, 6.07) is 0. The van der Waals surface area contributed by atoms with Crippen LogP contribution in [0.3, 0.4) is 0 Å². The number of hydrogen-bond acceptors (Lipinski definition) is 2. The second-order valence-electron chi connectivity index (χ2n) is 4.95. The van der Waals surface area contributed by atoms with Crippen LogP contribution in [-0.2, 0) is 0 Å². The number of hydrogen-bond donors (Lipinski definition) is 2. The van der Waals surface area contributed by atoms with E-state index in [0.29, 0.717) is 5.92 Å². The van der Waals surface area contributed by atoms with Crippen LogP contribution in [0.4, 0.5) is 0 Å². The molecule has 1 aliphatic carbocycles. The molecule has 1 heterocycles. The fourth-order valence-electron chi connectivity index (χ4n) is 2.07. The molecular formula is C18H22N2. The molecule has 1 unspecified atom stereocenters. The molecule has 0 spiro atoms. The van der Waals surface area contributed by atoms with E-state index in [9.17, 15) is 0 Å². The van der Waals surface area contributed by atoms with Gasteiger partial charge < -0.3 is 10.6 Å². The molecule has 0 saturated carbocycles. The molecule has 2 heteroatoms. The van der Waals surface area contributed by atoms with Gasteiger partial charge in [0.15, 0.2) is 0 Å². The first kappa shape index (κ1) is 14.2. The van der Waals surface area contributed by atoms with Crippen molar-refractivity contribution >= 4 is 0 Å². The van der Waals surface area contributed by atoms with E-state index in [2.05, 4.69) is 54.5 Å². The molecule has 0 aromatic carbocycles. The molecule has 0 radical (unpaired) electrons. The highest BCUT2D eigenvalue weighted by atomic mass is 14.9. The van der Waals surface area contributed by atoms with Crippen LogP contribution in [0, 0.1) is 5.92 Å². The molecule has 0 aromatic rings. The van der Waals surface area contributed by atoms with Crippen LogP contribution < -0.4 is 10.6 Å². The molecule has 104 valence electrons. The van der Waals surface area contributed by atoms with Crippen LogP contribution in [0.2, 0.25) is 0 Å². The van der Waals surface area contributed by atoms with Crippen molar-refractivity contribution < 1.29 is 0 Å². The minimum Gasteiger partial charge on any atom is -0.368 e. The third-order valence-electron chi connectivity index (χ3n) is 3.36. The first-order valence-electron chi connectivity index (χ1n) is 7.05. The van der Waals surface area contributed by atoms with Crippen molar-refractivity contribution in [1.29, 1.82) is 0 Å². The second-order valence-corrected chi connectivity index (χ2v) is 4.95. The molecule has 20 heavy (non-hydrogen) atoms. The van der Waals surface area contributed by atoms with E-state index in [0.717, 1.165) is 24.1 Å². The van der Waals surface area contributed by atoms with Crippen molar-refractivity contribution in [3.63, 3.8) is 0 Å². The minimum atomic E-state index is 0.296. The lowest BCUT2D eigenvalue weighted by atomic mass is 9.98. The molecule has 1 atom stereocenters. The summed E-state index contributed by atoms with van der Waals surface area (Å²) in [5.41, 5.74) is 3.41. The predicted octanol–water partition coefficient (Wildman–Crippen LogP) is 4.07. The minimum absolute atomic E-state index is 0.296. The van der Waals surface area contributed by atoms with Gasteiger partial charge in [-0.15, -0.1) is 0 Å². The lowest BCUT2D eigenvalue weighted by molar-refractivity contribution is 0.795. The number of allylic oxidation sites excluding steroid dienone is 10. The van der Waals surface area contributed by atoms with Crippen molar-refractivity contribution in [2.24, 2.45) is 5.92 Å². The third kappa shape index (κ3) is 4.16. The molecule has 2 N–H and O–H groups in total. The molecule has 0 bridgehead atoms. The number of nitrogens with one attached hydrogen (secondary N) is 2. The lowest BCUT2D eigenvalue weighted by Crippen LogP contribution is -2.17. The molecule has 2 rings (SSSR count). The molecule has 2 nitrogen and oxygen atoms in total. The zero-order valence-corrected chi connectivity index (χ0v) is 12.0. The Morgan fingerprint density at radius 3 is 2.80 bits per heavy atom. The van der Waals surface area contributed by atoms with E-state index in [1.165, 1.54) is 5.70 Å². The zero-order valence-electron chi connectivity index (χ0n) is 12.0. The van der Waals surface area contributed by atoms with Gasteiger partial charge in [-0.25, -0.2) is 0 Å². The maximum absolute atomic E-state index is 4.24. The van der Waals surface area contributed by atoms with Gasteiger partial charge in [-0.2, -0.15) is 0 Å². The Hall–Kier alpha value is -2.22. The van der Waals surface area contributed by atoms with E-state index < -0.39 is 0 Å². The van der Waals surface area contributed by atoms with Crippen LogP contribution in [0.15, 0.2) is 84.6 Å². The largest absolute Gasteiger partial charge is 0.368 e. The highest BCUT2D eigenvalue weighted by Crippen LogP contribution is 2.20. The van der Waals surface area contributed by atoms with E-state index in [1.54, 1.807) is 0 Å². The van der Waals surface area contributed by atoms with Gasteiger partial charge in [0.05, 0.1) is 0 Å². The van der Waals surface area contributed by atoms with Crippen molar-refractivity contribution in [3.8, 4) is 0 Å². The molecule has 1 aliphatic heterocycles. The van der Waals surface area contributed by atoms with E-state index >= 15 is 0 Å². The Labute approximate surface area is 121 Å². The molecule has 0 amide bonds. The Balaban J connectivity index is 2.19. The molecule has 0 saturated heterocycles. The van der Waals surface area contributed by atoms with Crippen LogP contribution in [-0.4, -0.2) is 0 Å². The van der Waals surface area contributed by atoms with Gasteiger partial charge in [-0.1, -0.05) is 37.8 Å². The topological polar surface area (TPSA) is 24.1 Å². The van der Waals surface area contributed by atoms with Crippen molar-refractivity contribution in [2.75, 3.05) is 0 Å². The van der Waals surface area contributed by atoms with Gasteiger partial charge in [0.1, 0.15) is 0 Å². The number of rotatable bonds is 2. The van der Waals surface area contributed by atoms with Gasteiger partial charge >= 0.3 is 0 Å². The quantitative estimate of drug-likeness (QED) is 0.787. The summed E-state index contributed by atoms with van der Waals surface area (Å²) in [6.07, 6.45) is 22.6. The highest BCUT2D eigenvalue weighted by molar-refractivity contribution is 5.37. The SMILES string of the molecule is C=C1/C(NC2=CC=CCC2)=C\C=C/N/C=C\C=C/C1C.